The van der Waals surface area contributed by atoms with Crippen molar-refractivity contribution in [3.05, 3.63) is 52.0 Å². The first-order chi connectivity index (χ1) is 7.74. The summed E-state index contributed by atoms with van der Waals surface area (Å²) >= 11 is 9.10. The van der Waals surface area contributed by atoms with E-state index in [4.69, 9.17) is 16.3 Å². The Labute approximate surface area is 107 Å². The van der Waals surface area contributed by atoms with Gasteiger partial charge in [0.15, 0.2) is 0 Å². The van der Waals surface area contributed by atoms with Gasteiger partial charge in [0.05, 0.1) is 16.9 Å². The summed E-state index contributed by atoms with van der Waals surface area (Å²) in [7, 11) is 0. The summed E-state index contributed by atoms with van der Waals surface area (Å²) in [4.78, 5) is 8.12. The molecule has 0 amide bonds. The van der Waals surface area contributed by atoms with Crippen molar-refractivity contribution >= 4 is 27.5 Å². The van der Waals surface area contributed by atoms with E-state index in [1.807, 2.05) is 12.1 Å². The maximum Gasteiger partial charge on any atom is 0.139 e. The van der Waals surface area contributed by atoms with Gasteiger partial charge in [-0.3, -0.25) is 9.97 Å². The molecule has 2 heterocycles. The lowest BCUT2D eigenvalue weighted by atomic mass is 10.4. The monoisotopic (exact) mass is 298 g/mol. The van der Waals surface area contributed by atoms with Crippen LogP contribution in [0, 0.1) is 0 Å². The Morgan fingerprint density at radius 3 is 2.81 bits per heavy atom. The second kappa shape index (κ2) is 5.27. The van der Waals surface area contributed by atoms with Gasteiger partial charge in [-0.25, -0.2) is 0 Å². The largest absolute Gasteiger partial charge is 0.486 e. The second-order valence-corrected chi connectivity index (χ2v) is 4.45. The number of nitrogens with zero attached hydrogens (tertiary/aromatic N) is 2. The molecule has 3 nitrogen and oxygen atoms in total. The maximum absolute atomic E-state index is 5.78. The average Bonchev–Trinajstić information content (AvgIpc) is 2.28. The molecule has 0 saturated heterocycles. The normalized spacial score (nSPS) is 10.1. The van der Waals surface area contributed by atoms with Crippen LogP contribution in [0.1, 0.15) is 5.69 Å². The van der Waals surface area contributed by atoms with Crippen LogP contribution in [0.5, 0.6) is 5.75 Å². The third-order valence-corrected chi connectivity index (χ3v) is 2.53. The third-order valence-electron chi connectivity index (χ3n) is 1.86. The molecule has 0 radical (unpaired) electrons. The minimum absolute atomic E-state index is 0.398. The Balaban J connectivity index is 1.99. The Morgan fingerprint density at radius 1 is 1.25 bits per heavy atom. The molecule has 0 atom stereocenters. The predicted molar refractivity (Wildman–Crippen MR) is 65.5 cm³/mol. The van der Waals surface area contributed by atoms with Gasteiger partial charge in [-0.05, 0) is 28.1 Å². The van der Waals surface area contributed by atoms with Crippen molar-refractivity contribution in [1.82, 2.24) is 9.97 Å². The van der Waals surface area contributed by atoms with Crippen molar-refractivity contribution in [1.29, 1.82) is 0 Å². The van der Waals surface area contributed by atoms with E-state index in [-0.39, 0.29) is 0 Å². The molecule has 0 aliphatic heterocycles. The smallest absolute Gasteiger partial charge is 0.139 e. The number of hydrogen-bond acceptors (Lipinski definition) is 3. The number of pyridine rings is 2. The highest BCUT2D eigenvalue weighted by molar-refractivity contribution is 9.10. The number of aromatic nitrogens is 2. The summed E-state index contributed by atoms with van der Waals surface area (Å²) in [5.74, 6) is 0.636. The molecule has 82 valence electrons. The molecule has 2 aromatic heterocycles. The molecule has 2 rings (SSSR count). The summed E-state index contributed by atoms with van der Waals surface area (Å²) in [6.45, 7) is 0.398. The van der Waals surface area contributed by atoms with Gasteiger partial charge in [-0.1, -0.05) is 11.6 Å². The van der Waals surface area contributed by atoms with E-state index in [0.29, 0.717) is 17.4 Å². The van der Waals surface area contributed by atoms with Gasteiger partial charge in [-0.2, -0.15) is 0 Å². The molecular formula is C11H8BrClN2O. The lowest BCUT2D eigenvalue weighted by molar-refractivity contribution is 0.300. The van der Waals surface area contributed by atoms with Crippen LogP contribution in [0.25, 0.3) is 0 Å². The molecule has 0 bridgehead atoms. The van der Waals surface area contributed by atoms with Crippen LogP contribution in [0.15, 0.2) is 41.3 Å². The zero-order chi connectivity index (χ0) is 11.4. The van der Waals surface area contributed by atoms with Crippen molar-refractivity contribution in [2.45, 2.75) is 6.61 Å². The molecule has 2 aromatic rings. The van der Waals surface area contributed by atoms with Crippen molar-refractivity contribution in [3.8, 4) is 5.75 Å². The molecule has 0 aromatic carbocycles. The summed E-state index contributed by atoms with van der Waals surface area (Å²) in [5, 5.41) is 0.557. The molecule has 0 unspecified atom stereocenters. The van der Waals surface area contributed by atoms with Crippen LogP contribution < -0.4 is 4.74 Å². The fourth-order valence-electron chi connectivity index (χ4n) is 1.12. The van der Waals surface area contributed by atoms with Crippen LogP contribution in [0.3, 0.4) is 0 Å². The van der Waals surface area contributed by atoms with Crippen LogP contribution in [-0.2, 0) is 6.61 Å². The number of ether oxygens (including phenoxy) is 1. The first-order valence-electron chi connectivity index (χ1n) is 4.58. The summed E-state index contributed by atoms with van der Waals surface area (Å²) < 4.78 is 6.43. The zero-order valence-corrected chi connectivity index (χ0v) is 10.6. The van der Waals surface area contributed by atoms with E-state index in [1.165, 1.54) is 0 Å². The molecular weight excluding hydrogens is 291 g/mol. The average molecular weight is 300 g/mol. The highest BCUT2D eigenvalue weighted by Gasteiger charge is 1.98. The standard InChI is InChI=1S/C11H8BrClN2O/c12-8-1-2-10(15-4-8)7-16-11-3-9(13)5-14-6-11/h1-6H,7H2. The lowest BCUT2D eigenvalue weighted by Gasteiger charge is -2.05. The van der Waals surface area contributed by atoms with Gasteiger partial charge in [0.1, 0.15) is 12.4 Å². The van der Waals surface area contributed by atoms with E-state index in [2.05, 4.69) is 25.9 Å². The van der Waals surface area contributed by atoms with Crippen LogP contribution >= 0.6 is 27.5 Å². The Kier molecular flexibility index (Phi) is 3.74. The van der Waals surface area contributed by atoms with Gasteiger partial charge >= 0.3 is 0 Å². The van der Waals surface area contributed by atoms with Crippen LogP contribution in [0.2, 0.25) is 5.02 Å². The van der Waals surface area contributed by atoms with Crippen molar-refractivity contribution in [2.75, 3.05) is 0 Å². The summed E-state index contributed by atoms with van der Waals surface area (Å²) in [5.41, 5.74) is 0.850. The Morgan fingerprint density at radius 2 is 2.12 bits per heavy atom. The fourth-order valence-corrected chi connectivity index (χ4v) is 1.52. The fraction of sp³-hybridized carbons (Fsp3) is 0.0909. The minimum atomic E-state index is 0.398. The molecule has 0 fully saturated rings. The van der Waals surface area contributed by atoms with Gasteiger partial charge in [0.2, 0.25) is 0 Å². The predicted octanol–water partition coefficient (Wildman–Crippen LogP) is 3.47. The molecule has 0 saturated carbocycles. The van der Waals surface area contributed by atoms with Crippen LogP contribution in [0.4, 0.5) is 0 Å². The number of halogens is 2. The quantitative estimate of drug-likeness (QED) is 0.870. The summed E-state index contributed by atoms with van der Waals surface area (Å²) in [6.07, 6.45) is 4.91. The Bertz CT molecular complexity index is 476. The number of rotatable bonds is 3. The number of hydrogen-bond donors (Lipinski definition) is 0. The second-order valence-electron chi connectivity index (χ2n) is 3.10. The third kappa shape index (κ3) is 3.18. The zero-order valence-electron chi connectivity index (χ0n) is 8.23. The van der Waals surface area contributed by atoms with Gasteiger partial charge in [-0.15, -0.1) is 0 Å². The van der Waals surface area contributed by atoms with Crippen molar-refractivity contribution in [2.24, 2.45) is 0 Å². The van der Waals surface area contributed by atoms with Gasteiger partial charge < -0.3 is 4.74 Å². The Hall–Kier alpha value is -1.13. The first kappa shape index (κ1) is 11.4. The molecule has 0 aliphatic rings. The topological polar surface area (TPSA) is 35.0 Å². The molecule has 0 aliphatic carbocycles. The van der Waals surface area contributed by atoms with E-state index in [0.717, 1.165) is 10.2 Å². The van der Waals surface area contributed by atoms with Gasteiger partial charge in [0.25, 0.3) is 0 Å². The van der Waals surface area contributed by atoms with E-state index < -0.39 is 0 Å². The van der Waals surface area contributed by atoms with E-state index in [1.54, 1.807) is 24.7 Å². The molecule has 0 N–H and O–H groups in total. The van der Waals surface area contributed by atoms with Gasteiger partial charge in [0, 0.05) is 22.9 Å². The van der Waals surface area contributed by atoms with Crippen molar-refractivity contribution in [3.63, 3.8) is 0 Å². The minimum Gasteiger partial charge on any atom is -0.486 e. The summed E-state index contributed by atoms with van der Waals surface area (Å²) in [6, 6.07) is 5.53. The first-order valence-corrected chi connectivity index (χ1v) is 5.75. The highest BCUT2D eigenvalue weighted by Crippen LogP contribution is 2.16. The SMILES string of the molecule is Clc1cncc(OCc2ccc(Br)cn2)c1. The van der Waals surface area contributed by atoms with E-state index >= 15 is 0 Å². The van der Waals surface area contributed by atoms with Crippen molar-refractivity contribution < 1.29 is 4.74 Å². The highest BCUT2D eigenvalue weighted by atomic mass is 79.9. The van der Waals surface area contributed by atoms with E-state index in [9.17, 15) is 0 Å². The lowest BCUT2D eigenvalue weighted by Crippen LogP contribution is -1.97. The molecule has 16 heavy (non-hydrogen) atoms. The maximum atomic E-state index is 5.78. The molecule has 0 spiro atoms. The van der Waals surface area contributed by atoms with Crippen LogP contribution in [-0.4, -0.2) is 9.97 Å². The molecule has 5 heteroatoms.